The first-order chi connectivity index (χ1) is 8.04. The minimum atomic E-state index is -6.02. The summed E-state index contributed by atoms with van der Waals surface area (Å²) >= 11 is -3.16. The van der Waals surface area contributed by atoms with Crippen molar-refractivity contribution in [3.8, 4) is 5.75 Å². The zero-order valence-corrected chi connectivity index (χ0v) is 9.73. The predicted molar refractivity (Wildman–Crippen MR) is 49.2 cm³/mol. The van der Waals surface area contributed by atoms with Crippen LogP contribution >= 0.6 is 0 Å². The van der Waals surface area contributed by atoms with Gasteiger partial charge in [-0.3, -0.25) is 4.21 Å². The fourth-order valence-electron chi connectivity index (χ4n) is 0.846. The Bertz CT molecular complexity index is 580. The Labute approximate surface area is 101 Å². The summed E-state index contributed by atoms with van der Waals surface area (Å²) in [4.78, 5) is -1.04. The SMILES string of the molecule is O=S([O-])c1cc(F)ccc1OS(=O)(=O)C(F)(F)F. The highest BCUT2D eigenvalue weighted by molar-refractivity contribution is 7.88. The Kier molecular flexibility index (Phi) is 3.98. The molecule has 0 aromatic heterocycles. The second kappa shape index (κ2) is 4.82. The van der Waals surface area contributed by atoms with Gasteiger partial charge in [-0.1, -0.05) is 0 Å². The first-order valence-corrected chi connectivity index (χ1v) is 6.42. The van der Waals surface area contributed by atoms with Crippen molar-refractivity contribution in [1.29, 1.82) is 0 Å². The largest absolute Gasteiger partial charge is 0.768 e. The van der Waals surface area contributed by atoms with Gasteiger partial charge in [-0.25, -0.2) is 4.39 Å². The molecule has 0 N–H and O–H groups in total. The lowest BCUT2D eigenvalue weighted by Gasteiger charge is -2.14. The van der Waals surface area contributed by atoms with Gasteiger partial charge in [0.1, 0.15) is 5.82 Å². The smallest absolute Gasteiger partial charge is 0.534 e. The fourth-order valence-corrected chi connectivity index (χ4v) is 1.86. The first kappa shape index (κ1) is 14.9. The summed E-state index contributed by atoms with van der Waals surface area (Å²) < 4.78 is 94.7. The highest BCUT2D eigenvalue weighted by Crippen LogP contribution is 2.30. The molecule has 0 radical (unpaired) electrons. The molecule has 0 aliphatic heterocycles. The van der Waals surface area contributed by atoms with Crippen LogP contribution in [0.3, 0.4) is 0 Å². The molecule has 0 fully saturated rings. The molecule has 1 aromatic rings. The summed E-state index contributed by atoms with van der Waals surface area (Å²) in [7, 11) is -6.02. The third-order valence-corrected chi connectivity index (χ3v) is 3.21. The van der Waals surface area contributed by atoms with Crippen LogP contribution in [0.4, 0.5) is 17.6 Å². The van der Waals surface area contributed by atoms with Crippen molar-refractivity contribution in [3.63, 3.8) is 0 Å². The van der Waals surface area contributed by atoms with Gasteiger partial charge in [0.05, 0.1) is 4.90 Å². The Balaban J connectivity index is 3.25. The Morgan fingerprint density at radius 2 is 1.83 bits per heavy atom. The van der Waals surface area contributed by atoms with Gasteiger partial charge in [0.25, 0.3) is 0 Å². The van der Waals surface area contributed by atoms with Crippen LogP contribution in [0.15, 0.2) is 23.1 Å². The number of hydrogen-bond donors (Lipinski definition) is 0. The van der Waals surface area contributed by atoms with Crippen molar-refractivity contribution in [2.75, 3.05) is 0 Å². The summed E-state index contributed by atoms with van der Waals surface area (Å²) in [6.07, 6.45) is 0. The summed E-state index contributed by atoms with van der Waals surface area (Å²) in [6, 6.07) is 1.34. The molecule has 0 amide bonds. The van der Waals surface area contributed by atoms with Gasteiger partial charge in [0.2, 0.25) is 0 Å². The third kappa shape index (κ3) is 3.17. The maximum absolute atomic E-state index is 12.7. The van der Waals surface area contributed by atoms with E-state index in [9.17, 15) is 34.7 Å². The van der Waals surface area contributed by atoms with E-state index < -0.39 is 43.2 Å². The highest BCUT2D eigenvalue weighted by atomic mass is 32.2. The van der Waals surface area contributed by atoms with Crippen molar-refractivity contribution in [1.82, 2.24) is 0 Å². The van der Waals surface area contributed by atoms with Crippen LogP contribution in [0.25, 0.3) is 0 Å². The van der Waals surface area contributed by atoms with Crippen LogP contribution in [0.5, 0.6) is 5.75 Å². The van der Waals surface area contributed by atoms with Crippen molar-refractivity contribution >= 4 is 21.2 Å². The van der Waals surface area contributed by atoms with Gasteiger partial charge < -0.3 is 8.74 Å². The molecular weight excluding hydrogens is 304 g/mol. The molecule has 0 aliphatic carbocycles. The summed E-state index contributed by atoms with van der Waals surface area (Å²) in [5.74, 6) is -2.21. The van der Waals surface area contributed by atoms with Gasteiger partial charge >= 0.3 is 15.6 Å². The van der Waals surface area contributed by atoms with E-state index in [1.54, 1.807) is 0 Å². The van der Waals surface area contributed by atoms with Gasteiger partial charge in [-0.2, -0.15) is 21.6 Å². The lowest BCUT2D eigenvalue weighted by molar-refractivity contribution is -0.0500. The second-order valence-electron chi connectivity index (χ2n) is 2.81. The van der Waals surface area contributed by atoms with E-state index in [1.807, 2.05) is 0 Å². The quantitative estimate of drug-likeness (QED) is 0.364. The normalized spacial score (nSPS) is 14.3. The molecule has 18 heavy (non-hydrogen) atoms. The second-order valence-corrected chi connectivity index (χ2v) is 5.26. The Morgan fingerprint density at radius 1 is 1.28 bits per heavy atom. The molecule has 1 aromatic carbocycles. The molecular formula is C7H3F4O5S2-. The maximum atomic E-state index is 12.7. The molecule has 11 heteroatoms. The molecule has 0 bridgehead atoms. The van der Waals surface area contributed by atoms with Crippen LogP contribution in [0.2, 0.25) is 0 Å². The number of hydrogen-bond acceptors (Lipinski definition) is 5. The van der Waals surface area contributed by atoms with Gasteiger partial charge in [-0.15, -0.1) is 0 Å². The highest BCUT2D eigenvalue weighted by Gasteiger charge is 2.48. The monoisotopic (exact) mass is 307 g/mol. The number of rotatable bonds is 3. The van der Waals surface area contributed by atoms with E-state index in [0.717, 1.165) is 0 Å². The predicted octanol–water partition coefficient (Wildman–Crippen LogP) is 1.29. The average Bonchev–Trinajstić information content (AvgIpc) is 2.18. The third-order valence-electron chi connectivity index (χ3n) is 1.57. The van der Waals surface area contributed by atoms with E-state index in [2.05, 4.69) is 4.18 Å². The van der Waals surface area contributed by atoms with Gasteiger partial charge in [0.15, 0.2) is 5.75 Å². The minimum absolute atomic E-state index is 0.324. The van der Waals surface area contributed by atoms with Crippen molar-refractivity contribution in [2.24, 2.45) is 0 Å². The lowest BCUT2D eigenvalue weighted by Crippen LogP contribution is -2.28. The summed E-state index contributed by atoms with van der Waals surface area (Å²) in [5.41, 5.74) is -5.72. The molecule has 0 heterocycles. The van der Waals surface area contributed by atoms with Gasteiger partial charge in [0, 0.05) is 0 Å². The molecule has 5 nitrogen and oxygen atoms in total. The number of benzene rings is 1. The zero-order chi connectivity index (χ0) is 14.1. The minimum Gasteiger partial charge on any atom is -0.768 e. The van der Waals surface area contributed by atoms with Crippen molar-refractivity contribution in [3.05, 3.63) is 24.0 Å². The lowest BCUT2D eigenvalue weighted by atomic mass is 10.3. The van der Waals surface area contributed by atoms with E-state index in [1.165, 1.54) is 0 Å². The molecule has 1 rings (SSSR count). The fraction of sp³-hybridized carbons (Fsp3) is 0.143. The van der Waals surface area contributed by atoms with Crippen LogP contribution in [-0.4, -0.2) is 22.7 Å². The van der Waals surface area contributed by atoms with E-state index in [0.29, 0.717) is 18.2 Å². The molecule has 0 aliphatic rings. The van der Waals surface area contributed by atoms with Crippen LogP contribution in [0, 0.1) is 5.82 Å². The maximum Gasteiger partial charge on any atom is 0.534 e. The zero-order valence-electron chi connectivity index (χ0n) is 8.10. The summed E-state index contributed by atoms with van der Waals surface area (Å²) in [6.45, 7) is 0. The summed E-state index contributed by atoms with van der Waals surface area (Å²) in [5, 5.41) is 0. The number of halogens is 4. The molecule has 0 saturated carbocycles. The average molecular weight is 307 g/mol. The van der Waals surface area contributed by atoms with E-state index >= 15 is 0 Å². The van der Waals surface area contributed by atoms with Crippen LogP contribution in [-0.2, 0) is 21.2 Å². The van der Waals surface area contributed by atoms with Crippen molar-refractivity contribution < 1.29 is 38.9 Å². The standard InChI is InChI=1S/C7H4F4O5S2/c8-4-1-2-5(6(3-4)17(12)13)16-18(14,15)7(9,10)11/h1-3H,(H,12,13)/p-1. The van der Waals surface area contributed by atoms with E-state index in [4.69, 9.17) is 0 Å². The molecule has 0 spiro atoms. The molecule has 102 valence electrons. The first-order valence-electron chi connectivity index (χ1n) is 3.94. The molecule has 1 atom stereocenters. The van der Waals surface area contributed by atoms with Gasteiger partial charge in [-0.05, 0) is 29.3 Å². The topological polar surface area (TPSA) is 83.5 Å². The van der Waals surface area contributed by atoms with E-state index in [-0.39, 0.29) is 0 Å². The molecule has 1 unspecified atom stereocenters. The van der Waals surface area contributed by atoms with Crippen LogP contribution < -0.4 is 4.18 Å². The van der Waals surface area contributed by atoms with Crippen LogP contribution in [0.1, 0.15) is 0 Å². The number of alkyl halides is 3. The Hall–Kier alpha value is -1.20. The van der Waals surface area contributed by atoms with Crippen molar-refractivity contribution in [2.45, 2.75) is 10.4 Å². The molecule has 0 saturated heterocycles. The Morgan fingerprint density at radius 3 is 2.28 bits per heavy atom.